The van der Waals surface area contributed by atoms with Crippen molar-refractivity contribution in [3.63, 3.8) is 0 Å². The molecule has 0 saturated heterocycles. The molecule has 2 bridgehead atoms. The standard InChI is InChI=1S/C18H24ClNO/c1-20(12-15-11-13-6-7-14(15)10-13)9-8-18(21)16-4-2-3-5-17(16)19/h2-5,13-15H,6-12H2,1H3. The van der Waals surface area contributed by atoms with Gasteiger partial charge in [0.25, 0.3) is 0 Å². The highest BCUT2D eigenvalue weighted by molar-refractivity contribution is 6.33. The van der Waals surface area contributed by atoms with E-state index >= 15 is 0 Å². The summed E-state index contributed by atoms with van der Waals surface area (Å²) in [5.74, 6) is 2.97. The van der Waals surface area contributed by atoms with Gasteiger partial charge in [0.1, 0.15) is 0 Å². The largest absolute Gasteiger partial charge is 0.306 e. The third-order valence-corrected chi connectivity index (χ3v) is 5.66. The Balaban J connectivity index is 1.46. The molecule has 114 valence electrons. The number of Topliss-reactive ketones (excluding diaryl/α,β-unsaturated/α-hetero) is 1. The molecular weight excluding hydrogens is 282 g/mol. The summed E-state index contributed by atoms with van der Waals surface area (Å²) in [5.41, 5.74) is 0.660. The van der Waals surface area contributed by atoms with Crippen molar-refractivity contribution in [2.45, 2.75) is 32.1 Å². The number of rotatable bonds is 6. The molecule has 3 heteroatoms. The number of benzene rings is 1. The maximum atomic E-state index is 12.2. The Kier molecular flexibility index (Phi) is 4.66. The van der Waals surface area contributed by atoms with Crippen LogP contribution in [0.25, 0.3) is 0 Å². The van der Waals surface area contributed by atoms with Crippen LogP contribution >= 0.6 is 11.6 Å². The monoisotopic (exact) mass is 305 g/mol. The van der Waals surface area contributed by atoms with Crippen LogP contribution in [0.2, 0.25) is 5.02 Å². The number of halogens is 1. The van der Waals surface area contributed by atoms with Gasteiger partial charge in [0.2, 0.25) is 0 Å². The van der Waals surface area contributed by atoms with E-state index in [2.05, 4.69) is 11.9 Å². The predicted octanol–water partition coefficient (Wildman–Crippen LogP) is 4.28. The third-order valence-electron chi connectivity index (χ3n) is 5.33. The lowest BCUT2D eigenvalue weighted by Gasteiger charge is -2.27. The second kappa shape index (κ2) is 6.50. The van der Waals surface area contributed by atoms with E-state index in [0.717, 1.165) is 30.8 Å². The van der Waals surface area contributed by atoms with Gasteiger partial charge in [-0.2, -0.15) is 0 Å². The van der Waals surface area contributed by atoms with E-state index in [1.54, 1.807) is 6.07 Å². The summed E-state index contributed by atoms with van der Waals surface area (Å²) in [6.45, 7) is 1.98. The van der Waals surface area contributed by atoms with Gasteiger partial charge < -0.3 is 4.90 Å². The highest BCUT2D eigenvalue weighted by atomic mass is 35.5. The van der Waals surface area contributed by atoms with Crippen LogP contribution in [0.4, 0.5) is 0 Å². The first-order valence-corrected chi connectivity index (χ1v) is 8.47. The summed E-state index contributed by atoms with van der Waals surface area (Å²) in [6.07, 6.45) is 6.31. The third kappa shape index (κ3) is 3.49. The minimum absolute atomic E-state index is 0.153. The van der Waals surface area contributed by atoms with Gasteiger partial charge in [-0.1, -0.05) is 30.2 Å². The maximum Gasteiger partial charge on any atom is 0.165 e. The molecule has 21 heavy (non-hydrogen) atoms. The van der Waals surface area contributed by atoms with E-state index in [9.17, 15) is 4.79 Å². The van der Waals surface area contributed by atoms with E-state index in [1.165, 1.54) is 25.7 Å². The van der Waals surface area contributed by atoms with Crippen LogP contribution in [-0.4, -0.2) is 30.8 Å². The van der Waals surface area contributed by atoms with Crippen molar-refractivity contribution >= 4 is 17.4 Å². The minimum Gasteiger partial charge on any atom is -0.306 e. The second-order valence-electron chi connectivity index (χ2n) is 6.85. The summed E-state index contributed by atoms with van der Waals surface area (Å²) in [5, 5.41) is 0.568. The summed E-state index contributed by atoms with van der Waals surface area (Å²) in [6, 6.07) is 7.34. The smallest absolute Gasteiger partial charge is 0.165 e. The lowest BCUT2D eigenvalue weighted by Crippen LogP contribution is -2.30. The van der Waals surface area contributed by atoms with Gasteiger partial charge in [-0.25, -0.2) is 0 Å². The Labute approximate surface area is 132 Å². The van der Waals surface area contributed by atoms with Gasteiger partial charge in [-0.05, 0) is 56.2 Å². The Bertz CT molecular complexity index is 516. The zero-order chi connectivity index (χ0) is 14.8. The van der Waals surface area contributed by atoms with Crippen LogP contribution in [0.5, 0.6) is 0 Å². The zero-order valence-corrected chi connectivity index (χ0v) is 13.5. The number of hydrogen-bond acceptors (Lipinski definition) is 2. The number of carbonyl (C=O) groups is 1. The SMILES string of the molecule is CN(CCC(=O)c1ccccc1Cl)CC1CC2CCC1C2. The number of hydrogen-bond donors (Lipinski definition) is 0. The van der Waals surface area contributed by atoms with Crippen LogP contribution < -0.4 is 0 Å². The molecule has 0 aliphatic heterocycles. The van der Waals surface area contributed by atoms with Crippen molar-refractivity contribution in [3.05, 3.63) is 34.9 Å². The Hall–Kier alpha value is -0.860. The van der Waals surface area contributed by atoms with Gasteiger partial charge >= 0.3 is 0 Å². The molecule has 0 heterocycles. The highest BCUT2D eigenvalue weighted by Gasteiger charge is 2.39. The van der Waals surface area contributed by atoms with Crippen LogP contribution in [-0.2, 0) is 0 Å². The summed E-state index contributed by atoms with van der Waals surface area (Å²) in [4.78, 5) is 14.6. The van der Waals surface area contributed by atoms with E-state index in [4.69, 9.17) is 11.6 Å². The summed E-state index contributed by atoms with van der Waals surface area (Å²) >= 11 is 6.08. The summed E-state index contributed by atoms with van der Waals surface area (Å²) < 4.78 is 0. The van der Waals surface area contributed by atoms with Gasteiger partial charge in [0.05, 0.1) is 5.02 Å². The molecule has 2 aliphatic rings. The first-order chi connectivity index (χ1) is 10.1. The van der Waals surface area contributed by atoms with Crippen molar-refractivity contribution in [3.8, 4) is 0 Å². The van der Waals surface area contributed by atoms with Crippen LogP contribution in [0, 0.1) is 17.8 Å². The Morgan fingerprint density at radius 3 is 2.76 bits per heavy atom. The first-order valence-electron chi connectivity index (χ1n) is 8.09. The number of fused-ring (bicyclic) bond motifs is 2. The average Bonchev–Trinajstić information content (AvgIpc) is 3.08. The predicted molar refractivity (Wildman–Crippen MR) is 86.8 cm³/mol. The minimum atomic E-state index is 0.153. The van der Waals surface area contributed by atoms with Crippen molar-refractivity contribution in [1.82, 2.24) is 4.90 Å². The molecule has 0 radical (unpaired) electrons. The molecule has 0 N–H and O–H groups in total. The molecule has 2 saturated carbocycles. The number of nitrogens with zero attached hydrogens (tertiary/aromatic N) is 1. The molecule has 2 nitrogen and oxygen atoms in total. The average molecular weight is 306 g/mol. The topological polar surface area (TPSA) is 20.3 Å². The highest BCUT2D eigenvalue weighted by Crippen LogP contribution is 2.48. The Morgan fingerprint density at radius 2 is 2.10 bits per heavy atom. The fourth-order valence-electron chi connectivity index (χ4n) is 4.21. The number of carbonyl (C=O) groups excluding carboxylic acids is 1. The van der Waals surface area contributed by atoms with Crippen molar-refractivity contribution in [2.75, 3.05) is 20.1 Å². The molecule has 2 fully saturated rings. The fourth-order valence-corrected chi connectivity index (χ4v) is 4.45. The van der Waals surface area contributed by atoms with Gasteiger partial charge in [-0.15, -0.1) is 0 Å². The van der Waals surface area contributed by atoms with Gasteiger partial charge in [0.15, 0.2) is 5.78 Å². The zero-order valence-electron chi connectivity index (χ0n) is 12.7. The van der Waals surface area contributed by atoms with Crippen LogP contribution in [0.1, 0.15) is 42.5 Å². The molecule has 3 rings (SSSR count). The van der Waals surface area contributed by atoms with Crippen molar-refractivity contribution in [2.24, 2.45) is 17.8 Å². The number of ketones is 1. The molecule has 2 aliphatic carbocycles. The van der Waals surface area contributed by atoms with E-state index in [1.807, 2.05) is 18.2 Å². The molecular formula is C18H24ClNO. The molecule has 1 aromatic carbocycles. The van der Waals surface area contributed by atoms with Gasteiger partial charge in [0, 0.05) is 25.1 Å². The van der Waals surface area contributed by atoms with Gasteiger partial charge in [-0.3, -0.25) is 4.79 Å². The van der Waals surface area contributed by atoms with E-state index < -0.39 is 0 Å². The maximum absolute atomic E-state index is 12.2. The molecule has 1 aromatic rings. The second-order valence-corrected chi connectivity index (χ2v) is 7.26. The Morgan fingerprint density at radius 1 is 1.29 bits per heavy atom. The lowest BCUT2D eigenvalue weighted by molar-refractivity contribution is 0.0963. The molecule has 0 aromatic heterocycles. The fraction of sp³-hybridized carbons (Fsp3) is 0.611. The molecule has 3 unspecified atom stereocenters. The van der Waals surface area contributed by atoms with Crippen molar-refractivity contribution < 1.29 is 4.79 Å². The normalized spacial score (nSPS) is 27.5. The van der Waals surface area contributed by atoms with E-state index in [0.29, 0.717) is 17.0 Å². The lowest BCUT2D eigenvalue weighted by atomic mass is 9.88. The first kappa shape index (κ1) is 15.1. The van der Waals surface area contributed by atoms with E-state index in [-0.39, 0.29) is 5.78 Å². The molecule has 0 amide bonds. The van der Waals surface area contributed by atoms with Crippen molar-refractivity contribution in [1.29, 1.82) is 0 Å². The summed E-state index contributed by atoms with van der Waals surface area (Å²) in [7, 11) is 2.14. The quantitative estimate of drug-likeness (QED) is 0.731. The molecule has 0 spiro atoms. The molecule has 3 atom stereocenters. The van der Waals surface area contributed by atoms with Crippen LogP contribution in [0.3, 0.4) is 0 Å². The van der Waals surface area contributed by atoms with Crippen LogP contribution in [0.15, 0.2) is 24.3 Å².